The Bertz CT molecular complexity index is 417. The zero-order valence-electron chi connectivity index (χ0n) is 10.1. The predicted molar refractivity (Wildman–Crippen MR) is 67.2 cm³/mol. The molecule has 98 valence electrons. The quantitative estimate of drug-likeness (QED) is 0.649. The second-order valence-corrected chi connectivity index (χ2v) is 4.47. The van der Waals surface area contributed by atoms with E-state index < -0.39 is 12.0 Å². The van der Waals surface area contributed by atoms with Gasteiger partial charge in [-0.1, -0.05) is 19.1 Å². The molecule has 18 heavy (non-hydrogen) atoms. The van der Waals surface area contributed by atoms with Crippen molar-refractivity contribution in [2.75, 3.05) is 6.54 Å². The van der Waals surface area contributed by atoms with Crippen molar-refractivity contribution < 1.29 is 14.6 Å². The van der Waals surface area contributed by atoms with E-state index in [1.165, 1.54) is 6.21 Å². The molecule has 2 aliphatic rings. The molecule has 1 aliphatic carbocycles. The standard InChI is InChI=1S/C12H17N3O3/c1-7-4-8(13)2-3-10(7)18-11-6-14-9(5-15-11)12(16)17/h2-4,6-7,9-11,15H,5,13H2,1H3,(H,16,17). The topological polar surface area (TPSA) is 96.9 Å². The summed E-state index contributed by atoms with van der Waals surface area (Å²) in [6.07, 6.45) is 6.71. The van der Waals surface area contributed by atoms with E-state index in [0.29, 0.717) is 0 Å². The molecule has 0 saturated carbocycles. The van der Waals surface area contributed by atoms with Gasteiger partial charge in [0.05, 0.1) is 6.10 Å². The summed E-state index contributed by atoms with van der Waals surface area (Å²) in [6, 6.07) is -0.722. The summed E-state index contributed by atoms with van der Waals surface area (Å²) >= 11 is 0. The van der Waals surface area contributed by atoms with Gasteiger partial charge in [-0.2, -0.15) is 0 Å². The van der Waals surface area contributed by atoms with E-state index in [4.69, 9.17) is 15.6 Å². The molecule has 2 rings (SSSR count). The first kappa shape index (κ1) is 12.8. The number of ether oxygens (including phenoxy) is 1. The lowest BCUT2D eigenvalue weighted by Crippen LogP contribution is -2.47. The Labute approximate surface area is 105 Å². The van der Waals surface area contributed by atoms with Gasteiger partial charge in [0.25, 0.3) is 0 Å². The average Bonchev–Trinajstić information content (AvgIpc) is 2.33. The molecule has 4 N–H and O–H groups in total. The number of allylic oxidation sites excluding steroid dienone is 1. The number of carbonyl (C=O) groups is 1. The van der Waals surface area contributed by atoms with Crippen LogP contribution in [0.4, 0.5) is 0 Å². The lowest BCUT2D eigenvalue weighted by molar-refractivity contribution is -0.138. The van der Waals surface area contributed by atoms with Crippen LogP contribution in [0.5, 0.6) is 0 Å². The van der Waals surface area contributed by atoms with E-state index in [1.807, 2.05) is 25.2 Å². The molecular formula is C12H17N3O3. The van der Waals surface area contributed by atoms with Crippen LogP contribution < -0.4 is 11.1 Å². The van der Waals surface area contributed by atoms with Gasteiger partial charge in [0, 0.05) is 24.4 Å². The largest absolute Gasteiger partial charge is 0.480 e. The van der Waals surface area contributed by atoms with Crippen molar-refractivity contribution in [2.45, 2.75) is 25.3 Å². The Balaban J connectivity index is 1.91. The van der Waals surface area contributed by atoms with Crippen LogP contribution in [0.2, 0.25) is 0 Å². The van der Waals surface area contributed by atoms with Crippen LogP contribution in [0.25, 0.3) is 0 Å². The van der Waals surface area contributed by atoms with Crippen molar-refractivity contribution in [2.24, 2.45) is 16.6 Å². The van der Waals surface area contributed by atoms with Crippen molar-refractivity contribution in [3.05, 3.63) is 23.9 Å². The van der Waals surface area contributed by atoms with Crippen LogP contribution in [0, 0.1) is 5.92 Å². The molecule has 0 aromatic heterocycles. The predicted octanol–water partition coefficient (Wildman–Crippen LogP) is -0.127. The van der Waals surface area contributed by atoms with Gasteiger partial charge in [-0.3, -0.25) is 10.3 Å². The highest BCUT2D eigenvalue weighted by Crippen LogP contribution is 2.18. The molecule has 4 unspecified atom stereocenters. The zero-order valence-corrected chi connectivity index (χ0v) is 10.1. The lowest BCUT2D eigenvalue weighted by Gasteiger charge is -2.28. The Morgan fingerprint density at radius 1 is 1.67 bits per heavy atom. The van der Waals surface area contributed by atoms with Gasteiger partial charge in [-0.05, 0) is 6.08 Å². The minimum Gasteiger partial charge on any atom is -0.480 e. The van der Waals surface area contributed by atoms with Crippen LogP contribution in [-0.2, 0) is 9.53 Å². The summed E-state index contributed by atoms with van der Waals surface area (Å²) < 4.78 is 5.78. The molecule has 0 spiro atoms. The van der Waals surface area contributed by atoms with E-state index in [1.54, 1.807) is 0 Å². The van der Waals surface area contributed by atoms with E-state index in [9.17, 15) is 4.79 Å². The fourth-order valence-corrected chi connectivity index (χ4v) is 1.92. The van der Waals surface area contributed by atoms with Crippen molar-refractivity contribution in [1.82, 2.24) is 5.32 Å². The molecule has 6 nitrogen and oxygen atoms in total. The van der Waals surface area contributed by atoms with Gasteiger partial charge in [0.2, 0.25) is 0 Å². The van der Waals surface area contributed by atoms with Crippen LogP contribution in [-0.4, -0.2) is 42.2 Å². The highest BCUT2D eigenvalue weighted by molar-refractivity contribution is 5.78. The maximum absolute atomic E-state index is 10.7. The molecule has 4 atom stereocenters. The maximum atomic E-state index is 10.7. The number of aliphatic carboxylic acids is 1. The first-order chi connectivity index (χ1) is 8.56. The second kappa shape index (κ2) is 5.32. The number of carboxylic acids is 1. The number of nitrogens with two attached hydrogens (primary N) is 1. The average molecular weight is 251 g/mol. The number of aliphatic imine (C=N–C) groups is 1. The Hall–Kier alpha value is -1.66. The molecule has 0 amide bonds. The molecule has 0 aromatic carbocycles. The van der Waals surface area contributed by atoms with Gasteiger partial charge in [0.1, 0.15) is 6.23 Å². The van der Waals surface area contributed by atoms with E-state index in [0.717, 1.165) is 5.70 Å². The summed E-state index contributed by atoms with van der Waals surface area (Å²) in [5.74, 6) is -0.749. The smallest absolute Gasteiger partial charge is 0.329 e. The van der Waals surface area contributed by atoms with Crippen molar-refractivity contribution in [3.63, 3.8) is 0 Å². The van der Waals surface area contributed by atoms with Crippen molar-refractivity contribution in [3.8, 4) is 0 Å². The summed E-state index contributed by atoms with van der Waals surface area (Å²) in [7, 11) is 0. The molecular weight excluding hydrogens is 234 g/mol. The number of rotatable bonds is 3. The Kier molecular flexibility index (Phi) is 3.78. The summed E-state index contributed by atoms with van der Waals surface area (Å²) in [5, 5.41) is 11.8. The monoisotopic (exact) mass is 251 g/mol. The molecule has 1 aliphatic heterocycles. The summed E-state index contributed by atoms with van der Waals surface area (Å²) in [6.45, 7) is 2.29. The molecule has 0 aromatic rings. The van der Waals surface area contributed by atoms with Gasteiger partial charge in [-0.15, -0.1) is 0 Å². The second-order valence-electron chi connectivity index (χ2n) is 4.47. The van der Waals surface area contributed by atoms with Gasteiger partial charge in [0.15, 0.2) is 6.04 Å². The normalized spacial score (nSPS) is 35.3. The van der Waals surface area contributed by atoms with Crippen molar-refractivity contribution >= 4 is 12.2 Å². The van der Waals surface area contributed by atoms with E-state index in [2.05, 4.69) is 10.3 Å². The molecule has 1 heterocycles. The fraction of sp³-hybridized carbons (Fsp3) is 0.500. The van der Waals surface area contributed by atoms with Crippen LogP contribution in [0.15, 0.2) is 28.9 Å². The molecule has 0 bridgehead atoms. The number of nitrogens with one attached hydrogen (secondary N) is 1. The minimum absolute atomic E-state index is 0.0809. The first-order valence-electron chi connectivity index (χ1n) is 5.86. The Morgan fingerprint density at radius 2 is 2.44 bits per heavy atom. The maximum Gasteiger partial charge on any atom is 0.329 e. The third kappa shape index (κ3) is 2.96. The third-order valence-electron chi connectivity index (χ3n) is 2.95. The Morgan fingerprint density at radius 3 is 3.00 bits per heavy atom. The van der Waals surface area contributed by atoms with E-state index in [-0.39, 0.29) is 24.8 Å². The van der Waals surface area contributed by atoms with Crippen molar-refractivity contribution in [1.29, 1.82) is 0 Å². The number of carboxylic acid groups (broad SMARTS) is 1. The van der Waals surface area contributed by atoms with E-state index >= 15 is 0 Å². The number of hydrogen-bond donors (Lipinski definition) is 3. The number of nitrogens with zero attached hydrogens (tertiary/aromatic N) is 1. The minimum atomic E-state index is -0.932. The van der Waals surface area contributed by atoms with Crippen LogP contribution in [0.3, 0.4) is 0 Å². The number of hydrogen-bond acceptors (Lipinski definition) is 5. The lowest BCUT2D eigenvalue weighted by atomic mass is 9.98. The molecule has 0 saturated heterocycles. The SMILES string of the molecule is CC1C=C(N)C=CC1OC1C=NC(C(=O)O)CN1. The zero-order chi connectivity index (χ0) is 13.1. The van der Waals surface area contributed by atoms with Crippen LogP contribution >= 0.6 is 0 Å². The highest BCUT2D eigenvalue weighted by atomic mass is 16.5. The summed E-state index contributed by atoms with van der Waals surface area (Å²) in [4.78, 5) is 14.7. The van der Waals surface area contributed by atoms with Gasteiger partial charge < -0.3 is 15.6 Å². The van der Waals surface area contributed by atoms with Gasteiger partial charge in [-0.25, -0.2) is 4.79 Å². The fourth-order valence-electron chi connectivity index (χ4n) is 1.92. The highest BCUT2D eigenvalue weighted by Gasteiger charge is 2.25. The summed E-state index contributed by atoms with van der Waals surface area (Å²) in [5.41, 5.74) is 6.42. The first-order valence-corrected chi connectivity index (χ1v) is 5.86. The van der Waals surface area contributed by atoms with Gasteiger partial charge >= 0.3 is 5.97 Å². The van der Waals surface area contributed by atoms with Crippen LogP contribution in [0.1, 0.15) is 6.92 Å². The third-order valence-corrected chi connectivity index (χ3v) is 2.95. The molecule has 6 heteroatoms. The molecule has 0 fully saturated rings. The molecule has 0 radical (unpaired) electrons.